The second-order valence-electron chi connectivity index (χ2n) is 5.35. The van der Waals surface area contributed by atoms with Gasteiger partial charge in [0.2, 0.25) is 5.91 Å². The van der Waals surface area contributed by atoms with Crippen molar-refractivity contribution >= 4 is 5.91 Å². The Morgan fingerprint density at radius 1 is 1.42 bits per heavy atom. The van der Waals surface area contributed by atoms with Crippen LogP contribution in [0.25, 0.3) is 0 Å². The second kappa shape index (κ2) is 6.04. The Kier molecular flexibility index (Phi) is 4.40. The molecule has 0 unspecified atom stereocenters. The lowest BCUT2D eigenvalue weighted by Gasteiger charge is -2.33. The molecule has 0 N–H and O–H groups in total. The Morgan fingerprint density at radius 3 is 2.68 bits per heavy atom. The molecule has 4 heteroatoms. The maximum absolute atomic E-state index is 11.9. The molecule has 2 rings (SSSR count). The number of piperidine rings is 1. The van der Waals surface area contributed by atoms with E-state index in [2.05, 4.69) is 4.98 Å². The van der Waals surface area contributed by atoms with E-state index in [0.717, 1.165) is 37.4 Å². The summed E-state index contributed by atoms with van der Waals surface area (Å²) in [6, 6.07) is 3.84. The van der Waals surface area contributed by atoms with Gasteiger partial charge in [0.15, 0.2) is 0 Å². The number of hydrogen-bond donors (Lipinski definition) is 0. The third kappa shape index (κ3) is 3.06. The summed E-state index contributed by atoms with van der Waals surface area (Å²) in [5.41, 5.74) is 1.03. The van der Waals surface area contributed by atoms with Crippen molar-refractivity contribution in [3.63, 3.8) is 0 Å². The number of carbonyl (C=O) groups excluding carboxylic acids is 1. The molecule has 1 amide bonds. The molecule has 4 nitrogen and oxygen atoms in total. The van der Waals surface area contributed by atoms with Gasteiger partial charge in [-0.1, -0.05) is 13.8 Å². The summed E-state index contributed by atoms with van der Waals surface area (Å²) in [7, 11) is 1.68. The number of carbonyl (C=O) groups is 1. The van der Waals surface area contributed by atoms with E-state index in [1.807, 2.05) is 37.1 Å². The van der Waals surface area contributed by atoms with E-state index in [4.69, 9.17) is 4.74 Å². The molecule has 104 valence electrons. The van der Waals surface area contributed by atoms with Crippen LogP contribution in [-0.2, 0) is 4.79 Å². The summed E-state index contributed by atoms with van der Waals surface area (Å²) >= 11 is 0. The largest absolute Gasteiger partial charge is 0.495 e. The Balaban J connectivity index is 2.02. The van der Waals surface area contributed by atoms with Gasteiger partial charge in [0, 0.05) is 31.1 Å². The number of aromatic nitrogens is 1. The summed E-state index contributed by atoms with van der Waals surface area (Å²) < 4.78 is 5.37. The Labute approximate surface area is 114 Å². The molecule has 0 saturated carbocycles. The normalized spacial score (nSPS) is 16.7. The van der Waals surface area contributed by atoms with Gasteiger partial charge in [-0.2, -0.15) is 0 Å². The standard InChI is InChI=1S/C15H22N2O2/c1-11(2)15(18)17-9-6-12(7-10-17)14-13(19-3)5-4-8-16-14/h4-5,8,11-12H,6-7,9-10H2,1-3H3. The summed E-state index contributed by atoms with van der Waals surface area (Å²) in [6.45, 7) is 5.55. The minimum Gasteiger partial charge on any atom is -0.495 e. The fourth-order valence-electron chi connectivity index (χ4n) is 2.62. The number of rotatable bonds is 3. The first-order valence-electron chi connectivity index (χ1n) is 6.91. The van der Waals surface area contributed by atoms with Crippen molar-refractivity contribution in [2.75, 3.05) is 20.2 Å². The highest BCUT2D eigenvalue weighted by molar-refractivity contribution is 5.78. The van der Waals surface area contributed by atoms with E-state index in [1.165, 1.54) is 0 Å². The van der Waals surface area contributed by atoms with Gasteiger partial charge < -0.3 is 9.64 Å². The lowest BCUT2D eigenvalue weighted by Crippen LogP contribution is -2.40. The minimum atomic E-state index is 0.0842. The Morgan fingerprint density at radius 2 is 2.11 bits per heavy atom. The predicted molar refractivity (Wildman–Crippen MR) is 74.2 cm³/mol. The van der Waals surface area contributed by atoms with Crippen LogP contribution in [0, 0.1) is 5.92 Å². The van der Waals surface area contributed by atoms with Crippen LogP contribution in [0.5, 0.6) is 5.75 Å². The van der Waals surface area contributed by atoms with Gasteiger partial charge in [-0.25, -0.2) is 0 Å². The van der Waals surface area contributed by atoms with E-state index in [-0.39, 0.29) is 11.8 Å². The van der Waals surface area contributed by atoms with Crippen molar-refractivity contribution in [2.24, 2.45) is 5.92 Å². The maximum atomic E-state index is 11.9. The zero-order valence-corrected chi connectivity index (χ0v) is 11.9. The lowest BCUT2D eigenvalue weighted by atomic mass is 9.92. The molecule has 0 spiro atoms. The first kappa shape index (κ1) is 13.8. The molecular formula is C15H22N2O2. The van der Waals surface area contributed by atoms with Crippen LogP contribution < -0.4 is 4.74 Å². The number of amides is 1. The van der Waals surface area contributed by atoms with Crippen molar-refractivity contribution in [2.45, 2.75) is 32.6 Å². The molecule has 1 aliphatic rings. The summed E-state index contributed by atoms with van der Waals surface area (Å²) in [4.78, 5) is 18.4. The first-order chi connectivity index (χ1) is 9.13. The minimum absolute atomic E-state index is 0.0842. The number of pyridine rings is 1. The van der Waals surface area contributed by atoms with Crippen molar-refractivity contribution in [3.05, 3.63) is 24.0 Å². The van der Waals surface area contributed by atoms with Crippen LogP contribution in [0.1, 0.15) is 38.3 Å². The molecular weight excluding hydrogens is 240 g/mol. The van der Waals surface area contributed by atoms with E-state index in [1.54, 1.807) is 7.11 Å². The van der Waals surface area contributed by atoms with Gasteiger partial charge in [-0.3, -0.25) is 9.78 Å². The van der Waals surface area contributed by atoms with Crippen LogP contribution >= 0.6 is 0 Å². The van der Waals surface area contributed by atoms with Crippen LogP contribution in [0.4, 0.5) is 0 Å². The number of methoxy groups -OCH3 is 1. The third-order valence-electron chi connectivity index (χ3n) is 3.71. The lowest BCUT2D eigenvalue weighted by molar-refractivity contribution is -0.135. The van der Waals surface area contributed by atoms with Crippen LogP contribution in [0.15, 0.2) is 18.3 Å². The van der Waals surface area contributed by atoms with Gasteiger partial charge in [-0.15, -0.1) is 0 Å². The quantitative estimate of drug-likeness (QED) is 0.840. The molecule has 2 heterocycles. The Bertz CT molecular complexity index is 438. The van der Waals surface area contributed by atoms with E-state index >= 15 is 0 Å². The topological polar surface area (TPSA) is 42.4 Å². The van der Waals surface area contributed by atoms with Crippen LogP contribution in [-0.4, -0.2) is 36.0 Å². The zero-order valence-electron chi connectivity index (χ0n) is 11.9. The van der Waals surface area contributed by atoms with Crippen LogP contribution in [0.2, 0.25) is 0 Å². The molecule has 1 aliphatic heterocycles. The molecule has 0 bridgehead atoms. The molecule has 1 saturated heterocycles. The third-order valence-corrected chi connectivity index (χ3v) is 3.71. The molecule has 0 radical (unpaired) electrons. The SMILES string of the molecule is COc1cccnc1C1CCN(C(=O)C(C)C)CC1. The maximum Gasteiger partial charge on any atom is 0.225 e. The van der Waals surface area contributed by atoms with E-state index in [9.17, 15) is 4.79 Å². The molecule has 0 aliphatic carbocycles. The highest BCUT2D eigenvalue weighted by Crippen LogP contribution is 2.32. The number of ether oxygens (including phenoxy) is 1. The summed E-state index contributed by atoms with van der Waals surface area (Å²) in [5, 5.41) is 0. The Hall–Kier alpha value is -1.58. The number of hydrogen-bond acceptors (Lipinski definition) is 3. The zero-order chi connectivity index (χ0) is 13.8. The van der Waals surface area contributed by atoms with Gasteiger partial charge in [0.25, 0.3) is 0 Å². The number of likely N-dealkylation sites (tertiary alicyclic amines) is 1. The summed E-state index contributed by atoms with van der Waals surface area (Å²) in [5.74, 6) is 1.59. The fraction of sp³-hybridized carbons (Fsp3) is 0.600. The van der Waals surface area contributed by atoms with Gasteiger partial charge in [0.1, 0.15) is 5.75 Å². The molecule has 1 fully saturated rings. The average Bonchev–Trinajstić information content (AvgIpc) is 2.46. The van der Waals surface area contributed by atoms with Crippen molar-refractivity contribution in [1.29, 1.82) is 0 Å². The average molecular weight is 262 g/mol. The second-order valence-corrected chi connectivity index (χ2v) is 5.35. The van der Waals surface area contributed by atoms with Crippen molar-refractivity contribution in [1.82, 2.24) is 9.88 Å². The van der Waals surface area contributed by atoms with Crippen molar-refractivity contribution in [3.8, 4) is 5.75 Å². The van der Waals surface area contributed by atoms with E-state index in [0.29, 0.717) is 5.92 Å². The molecule has 0 aromatic carbocycles. The van der Waals surface area contributed by atoms with Crippen molar-refractivity contribution < 1.29 is 9.53 Å². The fourth-order valence-corrected chi connectivity index (χ4v) is 2.62. The number of nitrogens with zero attached hydrogens (tertiary/aromatic N) is 2. The van der Waals surface area contributed by atoms with Gasteiger partial charge in [0.05, 0.1) is 12.8 Å². The predicted octanol–water partition coefficient (Wildman–Crippen LogP) is 2.45. The molecule has 0 atom stereocenters. The monoisotopic (exact) mass is 262 g/mol. The van der Waals surface area contributed by atoms with Gasteiger partial charge in [-0.05, 0) is 25.0 Å². The highest BCUT2D eigenvalue weighted by Gasteiger charge is 2.27. The smallest absolute Gasteiger partial charge is 0.225 e. The molecule has 19 heavy (non-hydrogen) atoms. The highest BCUT2D eigenvalue weighted by atomic mass is 16.5. The summed E-state index contributed by atoms with van der Waals surface area (Å²) in [6.07, 6.45) is 3.74. The molecule has 1 aromatic rings. The first-order valence-corrected chi connectivity index (χ1v) is 6.91. The molecule has 1 aromatic heterocycles. The van der Waals surface area contributed by atoms with E-state index < -0.39 is 0 Å². The van der Waals surface area contributed by atoms with Gasteiger partial charge >= 0.3 is 0 Å². The van der Waals surface area contributed by atoms with Crippen LogP contribution in [0.3, 0.4) is 0 Å².